The Hall–Kier alpha value is -2.52. The fourth-order valence-corrected chi connectivity index (χ4v) is 2.54. The van der Waals surface area contributed by atoms with Crippen LogP contribution in [0.25, 0.3) is 0 Å². The van der Waals surface area contributed by atoms with Crippen LogP contribution in [0.15, 0.2) is 24.4 Å². The van der Waals surface area contributed by atoms with E-state index in [1.165, 1.54) is 6.20 Å². The van der Waals surface area contributed by atoms with Gasteiger partial charge in [0.25, 0.3) is 5.91 Å². The summed E-state index contributed by atoms with van der Waals surface area (Å²) >= 11 is 0. The molecule has 22 heavy (non-hydrogen) atoms. The number of hydrogen-bond donors (Lipinski definition) is 5. The van der Waals surface area contributed by atoms with Gasteiger partial charge in [0.1, 0.15) is 17.1 Å². The second-order valence-corrected chi connectivity index (χ2v) is 5.03. The molecule has 1 aliphatic rings. The quantitative estimate of drug-likeness (QED) is 0.498. The number of fused-ring (bicyclic) bond motifs is 1. The molecule has 8 nitrogen and oxygen atoms in total. The first-order chi connectivity index (χ1) is 10.6. The number of aromatic nitrogens is 2. The maximum Gasteiger partial charge on any atom is 0.530 e. The van der Waals surface area contributed by atoms with Gasteiger partial charge in [0.05, 0.1) is 6.20 Å². The molecule has 114 valence electrons. The van der Waals surface area contributed by atoms with Crippen LogP contribution in [0.4, 0.5) is 11.5 Å². The van der Waals surface area contributed by atoms with Crippen LogP contribution in [-0.2, 0) is 0 Å². The van der Waals surface area contributed by atoms with Crippen molar-refractivity contribution in [3.05, 3.63) is 35.5 Å². The molecule has 0 aliphatic carbocycles. The van der Waals surface area contributed by atoms with E-state index in [2.05, 4.69) is 15.5 Å². The van der Waals surface area contributed by atoms with Crippen molar-refractivity contribution < 1.29 is 19.6 Å². The van der Waals surface area contributed by atoms with Crippen molar-refractivity contribution in [2.75, 3.05) is 11.9 Å². The number of nitrogens with one attached hydrogen (secondary N) is 2. The molecule has 1 aromatic heterocycles. The largest absolute Gasteiger partial charge is 0.535 e. The number of amides is 1. The molecule has 1 unspecified atom stereocenters. The highest BCUT2D eigenvalue weighted by Crippen LogP contribution is 2.39. The number of nitrogens with two attached hydrogens (primary N) is 1. The zero-order chi connectivity index (χ0) is 15.7. The number of rotatable bonds is 5. The summed E-state index contributed by atoms with van der Waals surface area (Å²) in [6, 6.07) is 5.31. The molecule has 0 saturated heterocycles. The average Bonchev–Trinajstić information content (AvgIpc) is 3.04. The summed E-state index contributed by atoms with van der Waals surface area (Å²) in [5.41, 5.74) is 7.00. The van der Waals surface area contributed by atoms with Crippen LogP contribution in [0.5, 0.6) is 5.75 Å². The normalized spacial score (nSPS) is 16.3. The molecule has 2 aromatic rings. The molecule has 2 heterocycles. The van der Waals surface area contributed by atoms with Crippen LogP contribution in [0.1, 0.15) is 28.2 Å². The van der Waals surface area contributed by atoms with Crippen molar-refractivity contribution >= 4 is 24.5 Å². The van der Waals surface area contributed by atoms with Gasteiger partial charge in [0, 0.05) is 24.2 Å². The molecule has 0 saturated carbocycles. The topological polar surface area (TPSA) is 133 Å². The number of aliphatic hydroxyl groups is 1. The maximum atomic E-state index is 11.3. The molecule has 1 aliphatic heterocycles. The second kappa shape index (κ2) is 5.70. The summed E-state index contributed by atoms with van der Waals surface area (Å²) in [6.07, 6.45) is 1.77. The number of hydrogen-bond acceptors (Lipinski definition) is 6. The molecule has 3 rings (SSSR count). The SMILES string of the molecule is NC(=O)c1cn[nH]c1Nc1ccc2c(c1)OB(O)C2CCO. The lowest BCUT2D eigenvalue weighted by atomic mass is 9.69. The minimum Gasteiger partial charge on any atom is -0.535 e. The van der Waals surface area contributed by atoms with Crippen LogP contribution >= 0.6 is 0 Å². The van der Waals surface area contributed by atoms with Crippen LogP contribution in [0.3, 0.4) is 0 Å². The van der Waals surface area contributed by atoms with Gasteiger partial charge >= 0.3 is 7.12 Å². The smallest absolute Gasteiger partial charge is 0.530 e. The van der Waals surface area contributed by atoms with Crippen molar-refractivity contribution in [2.45, 2.75) is 12.2 Å². The second-order valence-electron chi connectivity index (χ2n) is 5.03. The Balaban J connectivity index is 1.85. The number of H-pyrrole nitrogens is 1. The van der Waals surface area contributed by atoms with E-state index in [9.17, 15) is 9.82 Å². The molecule has 0 radical (unpaired) electrons. The summed E-state index contributed by atoms with van der Waals surface area (Å²) < 4.78 is 5.40. The zero-order valence-electron chi connectivity index (χ0n) is 11.6. The Morgan fingerprint density at radius 2 is 2.36 bits per heavy atom. The molecular weight excluding hydrogens is 287 g/mol. The number of anilines is 2. The predicted molar refractivity (Wildman–Crippen MR) is 79.9 cm³/mol. The Kier molecular flexibility index (Phi) is 3.74. The monoisotopic (exact) mass is 302 g/mol. The Morgan fingerprint density at radius 3 is 3.09 bits per heavy atom. The fourth-order valence-electron chi connectivity index (χ4n) is 2.54. The van der Waals surface area contributed by atoms with Gasteiger partial charge in [-0.2, -0.15) is 5.10 Å². The number of primary amides is 1. The van der Waals surface area contributed by atoms with Gasteiger partial charge in [-0.25, -0.2) is 0 Å². The maximum absolute atomic E-state index is 11.3. The number of aromatic amines is 1. The highest BCUT2D eigenvalue weighted by molar-refractivity contribution is 6.47. The molecule has 0 spiro atoms. The van der Waals surface area contributed by atoms with E-state index in [-0.39, 0.29) is 18.0 Å². The molecule has 0 bridgehead atoms. The van der Waals surface area contributed by atoms with Gasteiger partial charge in [-0.15, -0.1) is 0 Å². The number of nitrogens with zero attached hydrogens (tertiary/aromatic N) is 1. The van der Waals surface area contributed by atoms with Gasteiger partial charge in [-0.05, 0) is 18.1 Å². The van der Waals surface area contributed by atoms with Gasteiger partial charge in [-0.1, -0.05) is 6.07 Å². The summed E-state index contributed by atoms with van der Waals surface area (Å²) in [7, 11) is -0.967. The Morgan fingerprint density at radius 1 is 1.55 bits per heavy atom. The van der Waals surface area contributed by atoms with Crippen molar-refractivity contribution in [1.29, 1.82) is 0 Å². The lowest BCUT2D eigenvalue weighted by Crippen LogP contribution is -2.24. The van der Waals surface area contributed by atoms with Crippen LogP contribution in [-0.4, -0.2) is 40.0 Å². The minimum atomic E-state index is -0.967. The van der Waals surface area contributed by atoms with E-state index in [0.29, 0.717) is 23.7 Å². The van der Waals surface area contributed by atoms with Crippen molar-refractivity contribution in [2.24, 2.45) is 5.73 Å². The van der Waals surface area contributed by atoms with E-state index >= 15 is 0 Å². The van der Waals surface area contributed by atoms with E-state index in [0.717, 1.165) is 5.56 Å². The van der Waals surface area contributed by atoms with Crippen molar-refractivity contribution in [1.82, 2.24) is 10.2 Å². The lowest BCUT2D eigenvalue weighted by molar-refractivity contribution is 0.100. The first kappa shape index (κ1) is 14.4. The number of benzene rings is 1. The summed E-state index contributed by atoms with van der Waals surface area (Å²) in [6.45, 7) is -0.0271. The van der Waals surface area contributed by atoms with Gasteiger partial charge < -0.3 is 25.8 Å². The number of aliphatic hydroxyl groups excluding tert-OH is 1. The Bertz CT molecular complexity index is 705. The zero-order valence-corrected chi connectivity index (χ0v) is 11.6. The fraction of sp³-hybridized carbons (Fsp3) is 0.231. The Labute approximate surface area is 126 Å². The first-order valence-corrected chi connectivity index (χ1v) is 6.80. The highest BCUT2D eigenvalue weighted by atomic mass is 16.5. The molecule has 0 fully saturated rings. The van der Waals surface area contributed by atoms with Crippen LogP contribution in [0.2, 0.25) is 0 Å². The third kappa shape index (κ3) is 2.51. The van der Waals surface area contributed by atoms with Gasteiger partial charge in [0.15, 0.2) is 0 Å². The van der Waals surface area contributed by atoms with E-state index < -0.39 is 13.0 Å². The lowest BCUT2D eigenvalue weighted by Gasteiger charge is -2.09. The number of carbonyl (C=O) groups excluding carboxylic acids is 1. The molecule has 1 atom stereocenters. The third-order valence-electron chi connectivity index (χ3n) is 3.62. The molecule has 1 aromatic carbocycles. The molecule has 1 amide bonds. The van der Waals surface area contributed by atoms with E-state index in [1.807, 2.05) is 6.07 Å². The van der Waals surface area contributed by atoms with Crippen molar-refractivity contribution in [3.8, 4) is 5.75 Å². The average molecular weight is 302 g/mol. The molecule has 6 N–H and O–H groups in total. The van der Waals surface area contributed by atoms with E-state index in [1.54, 1.807) is 12.1 Å². The van der Waals surface area contributed by atoms with E-state index in [4.69, 9.17) is 15.5 Å². The number of carbonyl (C=O) groups is 1. The van der Waals surface area contributed by atoms with Gasteiger partial charge in [-0.3, -0.25) is 9.89 Å². The summed E-state index contributed by atoms with van der Waals surface area (Å²) in [4.78, 5) is 11.3. The minimum absolute atomic E-state index is 0.0271. The van der Waals surface area contributed by atoms with Gasteiger partial charge in [0.2, 0.25) is 0 Å². The third-order valence-corrected chi connectivity index (χ3v) is 3.62. The summed E-state index contributed by atoms with van der Waals surface area (Å²) in [5.74, 6) is 0.0865. The standard InChI is InChI=1S/C13H15BN4O4/c15-12(20)9-6-16-18-13(9)17-7-1-2-8-10(3-4-19)14(21)22-11(8)5-7/h1-2,5-6,10,19,21H,3-4H2,(H2,15,20)(H2,16,17,18). The predicted octanol–water partition coefficient (Wildman–Crippen LogP) is 0.130. The van der Waals surface area contributed by atoms with Crippen molar-refractivity contribution in [3.63, 3.8) is 0 Å². The van der Waals surface area contributed by atoms with Crippen LogP contribution in [0, 0.1) is 0 Å². The molecular formula is C13H15BN4O4. The summed E-state index contributed by atoms with van der Waals surface area (Å²) in [5, 5.41) is 28.3. The molecule has 9 heteroatoms. The first-order valence-electron chi connectivity index (χ1n) is 6.80. The highest BCUT2D eigenvalue weighted by Gasteiger charge is 2.38. The van der Waals surface area contributed by atoms with Crippen LogP contribution < -0.4 is 15.7 Å².